The number of hydrogen-bond donors (Lipinski definition) is 0. The van der Waals surface area contributed by atoms with Crippen LogP contribution in [0.1, 0.15) is 0 Å². The fourth-order valence-electron chi connectivity index (χ4n) is 22.6. The van der Waals surface area contributed by atoms with Crippen LogP contribution < -0.4 is 0 Å². The molecule has 0 aliphatic carbocycles. The van der Waals surface area contributed by atoms with E-state index in [-0.39, 0.29) is 0 Å². The van der Waals surface area contributed by atoms with E-state index in [9.17, 15) is 0 Å². The van der Waals surface area contributed by atoms with E-state index in [1.807, 2.05) is 0 Å². The maximum Gasteiger partial charge on any atom is 0.0547 e. The van der Waals surface area contributed by atoms with Crippen LogP contribution in [0.15, 0.2) is 485 Å². The molecule has 0 bridgehead atoms. The van der Waals surface area contributed by atoms with Gasteiger partial charge in [0.1, 0.15) is 0 Å². The lowest BCUT2D eigenvalue weighted by Gasteiger charge is -2.20. The van der Waals surface area contributed by atoms with Crippen LogP contribution in [0.3, 0.4) is 0 Å². The quantitative estimate of drug-likeness (QED) is 0.0961. The van der Waals surface area contributed by atoms with Crippen molar-refractivity contribution < 1.29 is 0 Å². The van der Waals surface area contributed by atoms with E-state index in [1.54, 1.807) is 0 Å². The number of nitrogens with zero attached hydrogens (tertiary/aromatic N) is 4. The van der Waals surface area contributed by atoms with Gasteiger partial charge in [0.15, 0.2) is 0 Å². The van der Waals surface area contributed by atoms with E-state index in [1.165, 1.54) is 240 Å². The van der Waals surface area contributed by atoms with Gasteiger partial charge in [-0.2, -0.15) is 0 Å². The molecule has 0 saturated heterocycles. The molecule has 0 saturated carbocycles. The third-order valence-electron chi connectivity index (χ3n) is 28.2. The second-order valence-electron chi connectivity index (χ2n) is 35.1. The van der Waals surface area contributed by atoms with Crippen LogP contribution in [0.5, 0.6) is 0 Å². The molecular formula is C128H80N4. The lowest BCUT2D eigenvalue weighted by molar-refractivity contribution is 1.18. The number of para-hydroxylation sites is 8. The molecule has 4 heteroatoms. The second kappa shape index (κ2) is 30.1. The normalized spacial score (nSPS) is 11.9. The molecule has 4 aromatic heterocycles. The van der Waals surface area contributed by atoms with Gasteiger partial charge >= 0.3 is 0 Å². The molecule has 28 rings (SSSR count). The van der Waals surface area contributed by atoms with Gasteiger partial charge in [0.2, 0.25) is 0 Å². The third-order valence-corrected chi connectivity index (χ3v) is 28.2. The summed E-state index contributed by atoms with van der Waals surface area (Å²) in [5.41, 5.74) is 29.0. The van der Waals surface area contributed by atoms with Gasteiger partial charge in [-0.1, -0.05) is 352 Å². The fraction of sp³-hybridized carbons (Fsp3) is 0. The predicted molar refractivity (Wildman–Crippen MR) is 563 cm³/mol. The molecule has 0 unspecified atom stereocenters. The molecule has 0 N–H and O–H groups in total. The topological polar surface area (TPSA) is 19.7 Å². The molecule has 0 spiro atoms. The lowest BCUT2D eigenvalue weighted by Crippen LogP contribution is -1.94. The molecule has 612 valence electrons. The SMILES string of the molecule is c1ccc(-n2c3ccccc3c3c(-c4cccc5c(-c6cc7ccccc7c7ccccc67)c6cccc(-c7cccc8c7c7ccccc7n8-c7ccccc7)c6cc45)cccc32)cc1.c1ccc(-n2c3ccccc3c3cc(-c4cccc5c(-c6cc7ccccc7c7ccccc67)c6cccc(-c7ccc8c(c7)c7ccccc7n8-c7ccccc7)c6cc45)ccc32)cc1. The number of rotatable bonds is 10. The van der Waals surface area contributed by atoms with Crippen molar-refractivity contribution in [3.05, 3.63) is 485 Å². The van der Waals surface area contributed by atoms with Crippen molar-refractivity contribution in [2.75, 3.05) is 0 Å². The van der Waals surface area contributed by atoms with Crippen molar-refractivity contribution in [3.8, 4) is 89.5 Å². The van der Waals surface area contributed by atoms with Crippen LogP contribution in [0.25, 0.3) is 263 Å². The molecule has 0 atom stereocenters. The van der Waals surface area contributed by atoms with Crippen molar-refractivity contribution in [2.45, 2.75) is 0 Å². The van der Waals surface area contributed by atoms with Crippen molar-refractivity contribution in [1.82, 2.24) is 18.3 Å². The zero-order valence-electron chi connectivity index (χ0n) is 72.0. The van der Waals surface area contributed by atoms with Gasteiger partial charge in [0.05, 0.1) is 44.1 Å². The van der Waals surface area contributed by atoms with Crippen LogP contribution in [0, 0.1) is 0 Å². The summed E-state index contributed by atoms with van der Waals surface area (Å²) < 4.78 is 9.64. The largest absolute Gasteiger partial charge is 0.309 e. The Morgan fingerprint density at radius 3 is 0.735 bits per heavy atom. The smallest absolute Gasteiger partial charge is 0.0547 e. The van der Waals surface area contributed by atoms with E-state index in [2.05, 4.69) is 504 Å². The zero-order valence-corrected chi connectivity index (χ0v) is 72.0. The first-order valence-electron chi connectivity index (χ1n) is 45.7. The lowest BCUT2D eigenvalue weighted by atomic mass is 9.83. The van der Waals surface area contributed by atoms with Gasteiger partial charge in [0.25, 0.3) is 0 Å². The average molecular weight is 1670 g/mol. The predicted octanol–water partition coefficient (Wildman–Crippen LogP) is 35.0. The van der Waals surface area contributed by atoms with E-state index in [0.29, 0.717) is 0 Å². The number of benzene rings is 24. The highest BCUT2D eigenvalue weighted by molar-refractivity contribution is 6.30. The molecular weight excluding hydrogens is 1590 g/mol. The summed E-state index contributed by atoms with van der Waals surface area (Å²) in [6.45, 7) is 0. The Hall–Kier alpha value is -17.4. The molecule has 4 nitrogen and oxygen atoms in total. The Morgan fingerprint density at radius 2 is 0.364 bits per heavy atom. The van der Waals surface area contributed by atoms with Gasteiger partial charge in [-0.15, -0.1) is 0 Å². The zero-order chi connectivity index (χ0) is 86.6. The van der Waals surface area contributed by atoms with E-state index in [0.717, 1.165) is 22.7 Å². The second-order valence-corrected chi connectivity index (χ2v) is 35.1. The van der Waals surface area contributed by atoms with Gasteiger partial charge in [0, 0.05) is 65.8 Å². The molecule has 0 fully saturated rings. The Labute approximate surface area is 761 Å². The summed E-state index contributed by atoms with van der Waals surface area (Å²) >= 11 is 0. The summed E-state index contributed by atoms with van der Waals surface area (Å²) in [7, 11) is 0. The van der Waals surface area contributed by atoms with Gasteiger partial charge in [-0.3, -0.25) is 0 Å². The van der Waals surface area contributed by atoms with Crippen LogP contribution in [0.4, 0.5) is 0 Å². The average Bonchev–Trinajstić information content (AvgIpc) is 1.63. The molecule has 132 heavy (non-hydrogen) atoms. The molecule has 4 heterocycles. The highest BCUT2D eigenvalue weighted by atomic mass is 15.0. The highest BCUT2D eigenvalue weighted by Crippen LogP contribution is 2.53. The van der Waals surface area contributed by atoms with Gasteiger partial charge in [-0.25, -0.2) is 0 Å². The minimum Gasteiger partial charge on any atom is -0.309 e. The van der Waals surface area contributed by atoms with Crippen molar-refractivity contribution >= 4 is 173 Å². The number of fused-ring (bicyclic) bond motifs is 22. The standard InChI is InChI=1S/2C64H40N2/c1-3-20-42(21-4-1)65-58-35-13-11-27-53(58)63-49(33-17-37-60(63)65)47-29-15-31-51-55(47)40-56-48(50-34-18-38-61-64(50)54-28-12-14-36-59(54)66(61)43-22-5-2-6-23-43)30-16-32-52(56)62(51)57-39-41-19-7-8-24-44(41)45-25-9-10-26-46(45)57;1-3-18-44(19-4-1)65-60-31-13-11-25-51(60)57-37-42(33-35-62(57)65)47-27-15-29-53-55(47)40-56-48(43-34-36-63-58(38-43)52-26-12-14-32-61(52)66(63)45-20-5-2-6-21-45)28-16-30-54(56)64(53)59-39-41-17-7-8-22-46(41)49-23-9-10-24-50(49)59/h2*1-40H. The van der Waals surface area contributed by atoms with Gasteiger partial charge < -0.3 is 18.3 Å². The van der Waals surface area contributed by atoms with E-state index in [4.69, 9.17) is 0 Å². The minimum absolute atomic E-state index is 1.16. The Balaban J connectivity index is 0.000000135. The molecule has 0 aliphatic rings. The summed E-state index contributed by atoms with van der Waals surface area (Å²) in [4.78, 5) is 0. The maximum absolute atomic E-state index is 2.51. The summed E-state index contributed by atoms with van der Waals surface area (Å²) in [6, 6.07) is 179. The molecule has 24 aromatic carbocycles. The van der Waals surface area contributed by atoms with Crippen molar-refractivity contribution in [2.24, 2.45) is 0 Å². The summed E-state index contributed by atoms with van der Waals surface area (Å²) in [5, 5.41) is 29.9. The maximum atomic E-state index is 2.51. The first-order chi connectivity index (χ1) is 65.6. The van der Waals surface area contributed by atoms with E-state index >= 15 is 0 Å². The Kier molecular flexibility index (Phi) is 17.1. The van der Waals surface area contributed by atoms with Crippen LogP contribution in [-0.4, -0.2) is 18.3 Å². The third kappa shape index (κ3) is 11.5. The summed E-state index contributed by atoms with van der Waals surface area (Å²) in [5.74, 6) is 0. The van der Waals surface area contributed by atoms with Gasteiger partial charge in [-0.05, 0) is 286 Å². The first-order valence-corrected chi connectivity index (χ1v) is 45.7. The van der Waals surface area contributed by atoms with Crippen molar-refractivity contribution in [3.63, 3.8) is 0 Å². The first kappa shape index (κ1) is 74.8. The minimum atomic E-state index is 1.16. The van der Waals surface area contributed by atoms with Crippen molar-refractivity contribution in [1.29, 1.82) is 0 Å². The fourth-order valence-corrected chi connectivity index (χ4v) is 22.6. The Morgan fingerprint density at radius 1 is 0.114 bits per heavy atom. The van der Waals surface area contributed by atoms with Crippen LogP contribution in [-0.2, 0) is 0 Å². The molecule has 0 radical (unpaired) electrons. The molecule has 28 aromatic rings. The van der Waals surface area contributed by atoms with E-state index < -0.39 is 0 Å². The highest BCUT2D eigenvalue weighted by Gasteiger charge is 2.27. The molecule has 0 aliphatic heterocycles. The number of aromatic nitrogens is 4. The number of hydrogen-bond acceptors (Lipinski definition) is 0. The monoisotopic (exact) mass is 1670 g/mol. The van der Waals surface area contributed by atoms with Crippen LogP contribution in [0.2, 0.25) is 0 Å². The van der Waals surface area contributed by atoms with Crippen LogP contribution >= 0.6 is 0 Å². The molecule has 0 amide bonds. The summed E-state index contributed by atoms with van der Waals surface area (Å²) in [6.07, 6.45) is 0. The Bertz CT molecular complexity index is 9220.